The SMILES string of the molecule is Cc1nn(-c2ccc(Cl)c(C(=O)NCC3(O)CCCCCC3)c2)c(=O)n1CCCOC1CNC1. The van der Waals surface area contributed by atoms with Gasteiger partial charge >= 0.3 is 5.69 Å². The zero-order chi connectivity index (χ0) is 24.1. The Morgan fingerprint density at radius 2 is 2.03 bits per heavy atom. The molecule has 0 atom stereocenters. The molecule has 0 radical (unpaired) electrons. The maximum Gasteiger partial charge on any atom is 0.350 e. The molecule has 9 nitrogen and oxygen atoms in total. The first-order valence-corrected chi connectivity index (χ1v) is 12.5. The fourth-order valence-corrected chi connectivity index (χ4v) is 4.70. The second kappa shape index (κ2) is 11.0. The van der Waals surface area contributed by atoms with Crippen LogP contribution in [0.4, 0.5) is 0 Å². The van der Waals surface area contributed by atoms with Crippen LogP contribution in [0.2, 0.25) is 5.02 Å². The zero-order valence-electron chi connectivity index (χ0n) is 19.7. The van der Waals surface area contributed by atoms with E-state index in [1.165, 1.54) is 4.68 Å². The third kappa shape index (κ3) is 5.89. The van der Waals surface area contributed by atoms with Gasteiger partial charge in [-0.3, -0.25) is 9.36 Å². The van der Waals surface area contributed by atoms with Crippen LogP contribution in [0.1, 0.15) is 61.1 Å². The number of carbonyl (C=O) groups excluding carboxylic acids is 1. The second-order valence-electron chi connectivity index (χ2n) is 9.38. The van der Waals surface area contributed by atoms with Gasteiger partial charge in [-0.1, -0.05) is 37.3 Å². The van der Waals surface area contributed by atoms with Gasteiger partial charge in [0.25, 0.3) is 5.91 Å². The lowest BCUT2D eigenvalue weighted by molar-refractivity contribution is 0.0163. The number of aromatic nitrogens is 3. The van der Waals surface area contributed by atoms with E-state index >= 15 is 0 Å². The molecule has 1 aliphatic heterocycles. The molecule has 1 saturated carbocycles. The molecule has 2 heterocycles. The maximum atomic E-state index is 13.0. The average Bonchev–Trinajstić information content (AvgIpc) is 2.93. The van der Waals surface area contributed by atoms with Crippen molar-refractivity contribution in [2.75, 3.05) is 26.2 Å². The van der Waals surface area contributed by atoms with Gasteiger partial charge in [-0.15, -0.1) is 0 Å². The summed E-state index contributed by atoms with van der Waals surface area (Å²) in [6.45, 7) is 4.81. The summed E-state index contributed by atoms with van der Waals surface area (Å²) in [7, 11) is 0. The molecule has 34 heavy (non-hydrogen) atoms. The molecule has 2 fully saturated rings. The van der Waals surface area contributed by atoms with Crippen molar-refractivity contribution in [1.29, 1.82) is 0 Å². The van der Waals surface area contributed by atoms with Gasteiger partial charge in [0.2, 0.25) is 0 Å². The van der Waals surface area contributed by atoms with E-state index in [9.17, 15) is 14.7 Å². The molecule has 10 heteroatoms. The predicted molar refractivity (Wildman–Crippen MR) is 130 cm³/mol. The molecular formula is C24H34ClN5O4. The van der Waals surface area contributed by atoms with Crippen molar-refractivity contribution in [3.05, 3.63) is 45.1 Å². The summed E-state index contributed by atoms with van der Waals surface area (Å²) in [6, 6.07) is 4.83. The fourth-order valence-electron chi connectivity index (χ4n) is 4.50. The molecule has 1 saturated heterocycles. The average molecular weight is 492 g/mol. The van der Waals surface area contributed by atoms with Crippen molar-refractivity contribution in [3.8, 4) is 5.69 Å². The summed E-state index contributed by atoms with van der Waals surface area (Å²) in [5.74, 6) is 0.211. The number of halogens is 1. The number of aryl methyl sites for hydroxylation is 1. The molecule has 0 bridgehead atoms. The van der Waals surface area contributed by atoms with Crippen LogP contribution in [0.3, 0.4) is 0 Å². The lowest BCUT2D eigenvalue weighted by atomic mass is 9.94. The lowest BCUT2D eigenvalue weighted by Crippen LogP contribution is -2.48. The van der Waals surface area contributed by atoms with Crippen molar-refractivity contribution >= 4 is 17.5 Å². The Morgan fingerprint density at radius 3 is 2.71 bits per heavy atom. The highest BCUT2D eigenvalue weighted by molar-refractivity contribution is 6.33. The van der Waals surface area contributed by atoms with Gasteiger partial charge in [0.1, 0.15) is 5.82 Å². The van der Waals surface area contributed by atoms with Crippen molar-refractivity contribution in [3.63, 3.8) is 0 Å². The van der Waals surface area contributed by atoms with Crippen LogP contribution in [0.15, 0.2) is 23.0 Å². The molecule has 2 aromatic rings. The Labute approximate surface area is 204 Å². The Bertz CT molecular complexity index is 1050. The normalized spacial score (nSPS) is 18.3. The number of nitrogens with zero attached hydrogens (tertiary/aromatic N) is 3. The second-order valence-corrected chi connectivity index (χ2v) is 9.79. The van der Waals surface area contributed by atoms with Crippen LogP contribution < -0.4 is 16.3 Å². The van der Waals surface area contributed by atoms with Gasteiger partial charge in [0.15, 0.2) is 0 Å². The minimum Gasteiger partial charge on any atom is -0.388 e. The van der Waals surface area contributed by atoms with Gasteiger partial charge in [-0.05, 0) is 44.4 Å². The number of ether oxygens (including phenoxy) is 1. The molecule has 186 valence electrons. The molecule has 1 aromatic carbocycles. The number of benzene rings is 1. The van der Waals surface area contributed by atoms with Crippen molar-refractivity contribution in [1.82, 2.24) is 25.0 Å². The first-order chi connectivity index (χ1) is 16.4. The zero-order valence-corrected chi connectivity index (χ0v) is 20.4. The summed E-state index contributed by atoms with van der Waals surface area (Å²) >= 11 is 6.31. The monoisotopic (exact) mass is 491 g/mol. The van der Waals surface area contributed by atoms with Crippen LogP contribution in [0, 0.1) is 6.92 Å². The van der Waals surface area contributed by atoms with E-state index in [1.54, 1.807) is 29.7 Å². The van der Waals surface area contributed by atoms with Crippen LogP contribution in [-0.4, -0.2) is 63.3 Å². The highest BCUT2D eigenvalue weighted by Crippen LogP contribution is 2.27. The standard InChI is InChI=1S/C24H34ClN5O4/c1-17-28-30(23(32)29(17)11-6-12-34-19-14-26-15-19)18-7-8-21(25)20(13-18)22(31)27-16-24(33)9-4-2-3-5-10-24/h7-8,13,19,26,33H,2-6,9-12,14-16H2,1H3,(H,27,31). The predicted octanol–water partition coefficient (Wildman–Crippen LogP) is 2.19. The number of carbonyl (C=O) groups is 1. The molecule has 1 amide bonds. The first-order valence-electron chi connectivity index (χ1n) is 12.2. The number of amides is 1. The van der Waals surface area contributed by atoms with Crippen LogP contribution in [0.5, 0.6) is 0 Å². The minimum atomic E-state index is -0.887. The largest absolute Gasteiger partial charge is 0.388 e. The highest BCUT2D eigenvalue weighted by Gasteiger charge is 2.29. The van der Waals surface area contributed by atoms with E-state index in [0.29, 0.717) is 43.9 Å². The van der Waals surface area contributed by atoms with Gasteiger partial charge in [-0.25, -0.2) is 4.79 Å². The van der Waals surface area contributed by atoms with E-state index in [0.717, 1.165) is 38.8 Å². The third-order valence-electron chi connectivity index (χ3n) is 6.72. The smallest absolute Gasteiger partial charge is 0.350 e. The number of rotatable bonds is 9. The summed E-state index contributed by atoms with van der Waals surface area (Å²) < 4.78 is 8.62. The summed E-state index contributed by atoms with van der Waals surface area (Å²) in [4.78, 5) is 25.9. The van der Waals surface area contributed by atoms with E-state index in [4.69, 9.17) is 16.3 Å². The Balaban J connectivity index is 1.43. The van der Waals surface area contributed by atoms with Crippen molar-refractivity contribution < 1.29 is 14.6 Å². The lowest BCUT2D eigenvalue weighted by Gasteiger charge is -2.27. The molecular weight excluding hydrogens is 458 g/mol. The Morgan fingerprint density at radius 1 is 1.29 bits per heavy atom. The molecule has 0 unspecified atom stereocenters. The molecule has 2 aliphatic rings. The molecule has 3 N–H and O–H groups in total. The van der Waals surface area contributed by atoms with Gasteiger partial charge in [0.05, 0.1) is 28.0 Å². The van der Waals surface area contributed by atoms with Gasteiger partial charge < -0.3 is 20.5 Å². The molecule has 1 aromatic heterocycles. The van der Waals surface area contributed by atoms with Crippen LogP contribution >= 0.6 is 11.6 Å². The third-order valence-corrected chi connectivity index (χ3v) is 7.05. The number of nitrogens with one attached hydrogen (secondary N) is 2. The van der Waals surface area contributed by atoms with E-state index in [-0.39, 0.29) is 34.8 Å². The molecule has 0 spiro atoms. The van der Waals surface area contributed by atoms with Crippen LogP contribution in [0.25, 0.3) is 5.69 Å². The van der Waals surface area contributed by atoms with Gasteiger partial charge in [0, 0.05) is 32.8 Å². The summed E-state index contributed by atoms with van der Waals surface area (Å²) in [5, 5.41) is 21.5. The number of aliphatic hydroxyl groups is 1. The van der Waals surface area contributed by atoms with Crippen molar-refractivity contribution in [2.45, 2.75) is 70.1 Å². The Kier molecular flexibility index (Phi) is 8.08. The summed E-state index contributed by atoms with van der Waals surface area (Å²) in [6.07, 6.45) is 6.45. The quantitative estimate of drug-likeness (QED) is 0.366. The van der Waals surface area contributed by atoms with E-state index in [2.05, 4.69) is 15.7 Å². The maximum absolute atomic E-state index is 13.0. The van der Waals surface area contributed by atoms with E-state index < -0.39 is 5.60 Å². The molecule has 4 rings (SSSR count). The number of hydrogen-bond acceptors (Lipinski definition) is 6. The summed E-state index contributed by atoms with van der Waals surface area (Å²) in [5.41, 5.74) is -0.448. The first kappa shape index (κ1) is 24.9. The van der Waals surface area contributed by atoms with Crippen LogP contribution in [-0.2, 0) is 11.3 Å². The molecule has 1 aliphatic carbocycles. The van der Waals surface area contributed by atoms with E-state index in [1.807, 2.05) is 0 Å². The number of hydrogen-bond donors (Lipinski definition) is 3. The minimum absolute atomic E-state index is 0.180. The fraction of sp³-hybridized carbons (Fsp3) is 0.625. The van der Waals surface area contributed by atoms with Gasteiger partial charge in [-0.2, -0.15) is 9.78 Å². The Hall–Kier alpha value is -2.20. The highest BCUT2D eigenvalue weighted by atomic mass is 35.5. The topological polar surface area (TPSA) is 110 Å². The van der Waals surface area contributed by atoms with Crippen molar-refractivity contribution in [2.24, 2.45) is 0 Å².